The second kappa shape index (κ2) is 8.17. The average Bonchev–Trinajstić information content (AvgIpc) is 2.51. The van der Waals surface area contributed by atoms with Gasteiger partial charge >= 0.3 is 0 Å². The van der Waals surface area contributed by atoms with E-state index in [1.54, 1.807) is 0 Å². The monoisotopic (exact) mass is 309 g/mol. The van der Waals surface area contributed by atoms with Crippen LogP contribution in [0.3, 0.4) is 0 Å². The fourth-order valence-electron chi connectivity index (χ4n) is 3.57. The molecule has 2 rings (SSSR count). The molecule has 3 atom stereocenters. The fourth-order valence-corrected chi connectivity index (χ4v) is 3.69. The minimum Gasteiger partial charge on any atom is -0.393 e. The fraction of sp³-hybridized carbons (Fsp3) is 0.667. The largest absolute Gasteiger partial charge is 0.393 e. The van der Waals surface area contributed by atoms with Crippen LogP contribution in [-0.4, -0.2) is 35.7 Å². The molecule has 3 heteroatoms. The van der Waals surface area contributed by atoms with Crippen molar-refractivity contribution in [2.45, 2.75) is 51.6 Å². The minimum absolute atomic E-state index is 0.157. The highest BCUT2D eigenvalue weighted by Gasteiger charge is 2.32. The molecule has 1 aromatic rings. The predicted molar refractivity (Wildman–Crippen MR) is 89.9 cm³/mol. The lowest BCUT2D eigenvalue weighted by Gasteiger charge is -2.37. The van der Waals surface area contributed by atoms with Gasteiger partial charge in [0.05, 0.1) is 6.10 Å². The van der Waals surface area contributed by atoms with Gasteiger partial charge in [-0.25, -0.2) is 0 Å². The number of rotatable bonds is 6. The van der Waals surface area contributed by atoms with Crippen LogP contribution >= 0.6 is 11.6 Å². The van der Waals surface area contributed by atoms with Crippen molar-refractivity contribution in [1.29, 1.82) is 0 Å². The van der Waals surface area contributed by atoms with E-state index in [0.717, 1.165) is 43.9 Å². The summed E-state index contributed by atoms with van der Waals surface area (Å²) < 4.78 is 0. The Hall–Kier alpha value is -0.570. The first kappa shape index (κ1) is 16.8. The van der Waals surface area contributed by atoms with E-state index in [2.05, 4.69) is 30.9 Å². The molecular formula is C18H28ClNO. The summed E-state index contributed by atoms with van der Waals surface area (Å²) in [6, 6.07) is 8.22. The van der Waals surface area contributed by atoms with Gasteiger partial charge in [-0.1, -0.05) is 50.4 Å². The van der Waals surface area contributed by atoms with E-state index in [1.165, 1.54) is 12.0 Å². The standard InChI is InChI=1S/C18H28ClNO/c1-3-20(4-2)13-17(14-9-11-15(19)12-10-14)16-7-5-6-8-18(16)21/h9-12,16-18,21H,3-8,13H2,1-2H3/t16-,17?,18+/m1/s1. The van der Waals surface area contributed by atoms with E-state index in [9.17, 15) is 5.11 Å². The Morgan fingerprint density at radius 3 is 2.33 bits per heavy atom. The summed E-state index contributed by atoms with van der Waals surface area (Å²) in [7, 11) is 0. The molecule has 2 nitrogen and oxygen atoms in total. The summed E-state index contributed by atoms with van der Waals surface area (Å²) in [5, 5.41) is 11.3. The summed E-state index contributed by atoms with van der Waals surface area (Å²) in [5.74, 6) is 0.776. The molecule has 21 heavy (non-hydrogen) atoms. The number of hydrogen-bond acceptors (Lipinski definition) is 2. The summed E-state index contributed by atoms with van der Waals surface area (Å²) in [5.41, 5.74) is 1.32. The zero-order valence-electron chi connectivity index (χ0n) is 13.3. The number of aliphatic hydroxyl groups excluding tert-OH is 1. The highest BCUT2D eigenvalue weighted by molar-refractivity contribution is 6.30. The van der Waals surface area contributed by atoms with E-state index in [-0.39, 0.29) is 6.10 Å². The smallest absolute Gasteiger partial charge is 0.0574 e. The first-order chi connectivity index (χ1) is 10.2. The van der Waals surface area contributed by atoms with Gasteiger partial charge in [0, 0.05) is 17.5 Å². The van der Waals surface area contributed by atoms with Gasteiger partial charge in [0.25, 0.3) is 0 Å². The van der Waals surface area contributed by atoms with Crippen molar-refractivity contribution in [3.8, 4) is 0 Å². The van der Waals surface area contributed by atoms with Gasteiger partial charge in [-0.2, -0.15) is 0 Å². The number of likely N-dealkylation sites (N-methyl/N-ethyl adjacent to an activating group) is 1. The van der Waals surface area contributed by atoms with Crippen molar-refractivity contribution in [1.82, 2.24) is 4.90 Å². The van der Waals surface area contributed by atoms with Gasteiger partial charge < -0.3 is 10.0 Å². The Labute approximate surface area is 134 Å². The molecule has 0 radical (unpaired) electrons. The lowest BCUT2D eigenvalue weighted by molar-refractivity contribution is 0.0466. The van der Waals surface area contributed by atoms with E-state index in [0.29, 0.717) is 11.8 Å². The lowest BCUT2D eigenvalue weighted by Crippen LogP contribution is -2.37. The van der Waals surface area contributed by atoms with Gasteiger partial charge in [-0.3, -0.25) is 0 Å². The molecule has 1 saturated carbocycles. The molecule has 0 spiro atoms. The van der Waals surface area contributed by atoms with E-state index in [4.69, 9.17) is 11.6 Å². The normalized spacial score (nSPS) is 24.2. The molecule has 1 aliphatic rings. The number of benzene rings is 1. The maximum Gasteiger partial charge on any atom is 0.0574 e. The molecule has 0 saturated heterocycles. The van der Waals surface area contributed by atoms with Gasteiger partial charge in [-0.05, 0) is 49.5 Å². The summed E-state index contributed by atoms with van der Waals surface area (Å²) in [4.78, 5) is 2.46. The molecule has 118 valence electrons. The molecule has 1 N–H and O–H groups in total. The van der Waals surface area contributed by atoms with Crippen molar-refractivity contribution >= 4 is 11.6 Å². The Morgan fingerprint density at radius 1 is 1.14 bits per heavy atom. The molecule has 0 bridgehead atoms. The number of nitrogens with zero attached hydrogens (tertiary/aromatic N) is 1. The van der Waals surface area contributed by atoms with E-state index < -0.39 is 0 Å². The minimum atomic E-state index is -0.157. The predicted octanol–water partition coefficient (Wildman–Crippen LogP) is 4.32. The van der Waals surface area contributed by atoms with Crippen molar-refractivity contribution in [3.63, 3.8) is 0 Å². The van der Waals surface area contributed by atoms with Crippen LogP contribution < -0.4 is 0 Å². The molecule has 1 aliphatic carbocycles. The number of aliphatic hydroxyl groups is 1. The van der Waals surface area contributed by atoms with E-state index >= 15 is 0 Å². The Bertz CT molecular complexity index is 416. The number of halogens is 1. The van der Waals surface area contributed by atoms with Crippen LogP contribution in [0.15, 0.2) is 24.3 Å². The molecule has 0 amide bonds. The molecule has 1 unspecified atom stereocenters. The van der Waals surface area contributed by atoms with Crippen LogP contribution in [0.5, 0.6) is 0 Å². The lowest BCUT2D eigenvalue weighted by atomic mass is 9.74. The third kappa shape index (κ3) is 4.45. The average molecular weight is 310 g/mol. The Morgan fingerprint density at radius 2 is 1.76 bits per heavy atom. The topological polar surface area (TPSA) is 23.5 Å². The molecule has 0 aromatic heterocycles. The highest BCUT2D eigenvalue weighted by Crippen LogP contribution is 2.37. The molecule has 0 heterocycles. The summed E-state index contributed by atoms with van der Waals surface area (Å²) >= 11 is 6.03. The zero-order chi connectivity index (χ0) is 15.2. The highest BCUT2D eigenvalue weighted by atomic mass is 35.5. The first-order valence-electron chi connectivity index (χ1n) is 8.31. The molecular weight excluding hydrogens is 282 g/mol. The van der Waals surface area contributed by atoms with Crippen LogP contribution in [-0.2, 0) is 0 Å². The number of hydrogen-bond donors (Lipinski definition) is 1. The third-order valence-electron chi connectivity index (χ3n) is 4.95. The zero-order valence-corrected chi connectivity index (χ0v) is 14.0. The SMILES string of the molecule is CCN(CC)CC(c1ccc(Cl)cc1)[C@H]1CCCC[C@@H]1O. The third-order valence-corrected chi connectivity index (χ3v) is 5.20. The van der Waals surface area contributed by atoms with Crippen LogP contribution in [0.2, 0.25) is 5.02 Å². The van der Waals surface area contributed by atoms with Crippen LogP contribution in [0, 0.1) is 5.92 Å². The molecule has 1 fully saturated rings. The van der Waals surface area contributed by atoms with Crippen molar-refractivity contribution < 1.29 is 5.11 Å². The van der Waals surface area contributed by atoms with Crippen LogP contribution in [0.4, 0.5) is 0 Å². The Balaban J connectivity index is 2.22. The molecule has 1 aromatic carbocycles. The second-order valence-electron chi connectivity index (χ2n) is 6.16. The van der Waals surface area contributed by atoms with Crippen LogP contribution in [0.1, 0.15) is 51.0 Å². The maximum atomic E-state index is 10.5. The summed E-state index contributed by atoms with van der Waals surface area (Å²) in [6.45, 7) is 7.56. The van der Waals surface area contributed by atoms with Crippen molar-refractivity contribution in [2.75, 3.05) is 19.6 Å². The summed E-state index contributed by atoms with van der Waals surface area (Å²) in [6.07, 6.45) is 4.33. The Kier molecular flexibility index (Phi) is 6.53. The van der Waals surface area contributed by atoms with Gasteiger partial charge in [0.2, 0.25) is 0 Å². The van der Waals surface area contributed by atoms with Gasteiger partial charge in [-0.15, -0.1) is 0 Å². The maximum absolute atomic E-state index is 10.5. The first-order valence-corrected chi connectivity index (χ1v) is 8.69. The van der Waals surface area contributed by atoms with E-state index in [1.807, 2.05) is 12.1 Å². The van der Waals surface area contributed by atoms with Gasteiger partial charge in [0.1, 0.15) is 0 Å². The van der Waals surface area contributed by atoms with Crippen molar-refractivity contribution in [3.05, 3.63) is 34.9 Å². The quantitative estimate of drug-likeness (QED) is 0.846. The van der Waals surface area contributed by atoms with Crippen LogP contribution in [0.25, 0.3) is 0 Å². The second-order valence-corrected chi connectivity index (χ2v) is 6.60. The van der Waals surface area contributed by atoms with Crippen molar-refractivity contribution in [2.24, 2.45) is 5.92 Å². The van der Waals surface area contributed by atoms with Gasteiger partial charge in [0.15, 0.2) is 0 Å². The molecule has 0 aliphatic heterocycles.